The minimum atomic E-state index is -0.326. The maximum Gasteiger partial charge on any atom is 0.244 e. The average molecular weight is 286 g/mol. The van der Waals surface area contributed by atoms with Crippen LogP contribution in [0.1, 0.15) is 4.88 Å². The number of hydrogen-bond acceptors (Lipinski definition) is 3. The normalized spacial score (nSPS) is 10.4. The lowest BCUT2D eigenvalue weighted by Gasteiger charge is -1.97. The van der Waals surface area contributed by atoms with E-state index in [9.17, 15) is 9.18 Å². The Labute approximate surface area is 120 Å². The summed E-state index contributed by atoms with van der Waals surface area (Å²) in [6, 6.07) is 12.0. The van der Waals surface area contributed by atoms with E-state index in [4.69, 9.17) is 5.26 Å². The van der Waals surface area contributed by atoms with E-state index in [0.29, 0.717) is 5.56 Å². The minimum Gasteiger partial charge on any atom is -0.339 e. The molecule has 0 saturated heterocycles. The summed E-state index contributed by atoms with van der Waals surface area (Å²) in [5, 5.41) is 10.7. The Morgan fingerprint density at radius 3 is 2.90 bits per heavy atom. The van der Waals surface area contributed by atoms with Gasteiger partial charge in [0.1, 0.15) is 12.4 Å². The van der Waals surface area contributed by atoms with Gasteiger partial charge in [-0.25, -0.2) is 4.39 Å². The molecule has 20 heavy (non-hydrogen) atoms. The first-order valence-electron chi connectivity index (χ1n) is 5.88. The fraction of sp³-hybridized carbons (Fsp3) is 0.0667. The van der Waals surface area contributed by atoms with Crippen LogP contribution in [0, 0.1) is 17.1 Å². The highest BCUT2D eigenvalue weighted by atomic mass is 32.1. The van der Waals surface area contributed by atoms with Crippen molar-refractivity contribution >= 4 is 23.3 Å². The van der Waals surface area contributed by atoms with Gasteiger partial charge < -0.3 is 5.32 Å². The molecule has 0 bridgehead atoms. The highest BCUT2D eigenvalue weighted by Gasteiger charge is 2.06. The van der Waals surface area contributed by atoms with E-state index in [1.807, 2.05) is 18.2 Å². The molecule has 0 spiro atoms. The molecule has 3 nitrogen and oxygen atoms in total. The predicted octanol–water partition coefficient (Wildman–Crippen LogP) is 3.21. The topological polar surface area (TPSA) is 52.9 Å². The van der Waals surface area contributed by atoms with Crippen LogP contribution in [0.25, 0.3) is 16.5 Å². The molecule has 2 aromatic rings. The lowest BCUT2D eigenvalue weighted by Crippen LogP contribution is -2.20. The number of benzene rings is 1. The predicted molar refractivity (Wildman–Crippen MR) is 77.4 cm³/mol. The maximum atomic E-state index is 13.6. The Hall–Kier alpha value is -2.45. The van der Waals surface area contributed by atoms with Gasteiger partial charge in [0.25, 0.3) is 0 Å². The molecule has 0 atom stereocenters. The molecule has 0 aliphatic carbocycles. The van der Waals surface area contributed by atoms with Crippen LogP contribution in [0.3, 0.4) is 0 Å². The van der Waals surface area contributed by atoms with E-state index in [2.05, 4.69) is 5.32 Å². The second-order valence-corrected chi connectivity index (χ2v) is 5.01. The molecule has 1 amide bonds. The van der Waals surface area contributed by atoms with Crippen molar-refractivity contribution in [3.05, 3.63) is 53.2 Å². The summed E-state index contributed by atoms with van der Waals surface area (Å²) in [6.07, 6.45) is 3.00. The monoisotopic (exact) mass is 286 g/mol. The van der Waals surface area contributed by atoms with Crippen molar-refractivity contribution in [3.8, 4) is 16.5 Å². The first-order valence-corrected chi connectivity index (χ1v) is 6.70. The van der Waals surface area contributed by atoms with Crippen molar-refractivity contribution in [1.82, 2.24) is 5.32 Å². The molecule has 0 unspecified atom stereocenters. The molecule has 0 fully saturated rings. The van der Waals surface area contributed by atoms with Crippen molar-refractivity contribution in [3.63, 3.8) is 0 Å². The van der Waals surface area contributed by atoms with Gasteiger partial charge in [0.15, 0.2) is 0 Å². The zero-order chi connectivity index (χ0) is 14.4. The third-order valence-corrected chi connectivity index (χ3v) is 3.59. The van der Waals surface area contributed by atoms with Crippen LogP contribution in [-0.2, 0) is 4.79 Å². The summed E-state index contributed by atoms with van der Waals surface area (Å²) in [6.45, 7) is -0.0198. The van der Waals surface area contributed by atoms with E-state index < -0.39 is 0 Å². The number of thiophene rings is 1. The summed E-state index contributed by atoms with van der Waals surface area (Å²) in [7, 11) is 0. The number of rotatable bonds is 4. The molecule has 1 aromatic carbocycles. The van der Waals surface area contributed by atoms with E-state index in [1.165, 1.54) is 23.5 Å². The van der Waals surface area contributed by atoms with E-state index >= 15 is 0 Å². The van der Waals surface area contributed by atoms with Gasteiger partial charge in [0, 0.05) is 21.4 Å². The molecule has 100 valence electrons. The number of carbonyl (C=O) groups is 1. The van der Waals surface area contributed by atoms with Crippen molar-refractivity contribution in [2.45, 2.75) is 0 Å². The zero-order valence-corrected chi connectivity index (χ0v) is 11.3. The van der Waals surface area contributed by atoms with E-state index in [1.54, 1.807) is 24.3 Å². The number of carbonyl (C=O) groups excluding carboxylic acids is 1. The minimum absolute atomic E-state index is 0.0198. The van der Waals surface area contributed by atoms with Gasteiger partial charge in [-0.05, 0) is 24.3 Å². The molecule has 0 radical (unpaired) electrons. The summed E-state index contributed by atoms with van der Waals surface area (Å²) >= 11 is 1.39. The van der Waals surface area contributed by atoms with Crippen molar-refractivity contribution in [2.75, 3.05) is 6.54 Å². The smallest absolute Gasteiger partial charge is 0.244 e. The zero-order valence-electron chi connectivity index (χ0n) is 10.5. The highest BCUT2D eigenvalue weighted by Crippen LogP contribution is 2.30. The molecular formula is C15H11FN2OS. The second-order valence-electron chi connectivity index (χ2n) is 3.89. The maximum absolute atomic E-state index is 13.6. The SMILES string of the molecule is N#CCNC(=O)C=Cc1ccc(-c2ccccc2F)s1. The molecule has 1 N–H and O–H groups in total. The fourth-order valence-electron chi connectivity index (χ4n) is 1.59. The molecule has 1 aromatic heterocycles. The van der Waals surface area contributed by atoms with Gasteiger partial charge in [-0.15, -0.1) is 11.3 Å². The van der Waals surface area contributed by atoms with Gasteiger partial charge in [-0.2, -0.15) is 5.26 Å². The number of nitriles is 1. The molecule has 0 saturated carbocycles. The third kappa shape index (κ3) is 3.53. The van der Waals surface area contributed by atoms with Gasteiger partial charge in [-0.1, -0.05) is 18.2 Å². The number of halogens is 1. The Kier molecular flexibility index (Phi) is 4.64. The van der Waals surface area contributed by atoms with Gasteiger partial charge in [0.05, 0.1) is 6.07 Å². The first kappa shape index (κ1) is 14.0. The quantitative estimate of drug-likeness (QED) is 0.693. The molecule has 5 heteroatoms. The highest BCUT2D eigenvalue weighted by molar-refractivity contribution is 7.16. The van der Waals surface area contributed by atoms with Crippen molar-refractivity contribution < 1.29 is 9.18 Å². The summed E-state index contributed by atoms with van der Waals surface area (Å²) in [5.74, 6) is -0.593. The number of hydrogen-bond donors (Lipinski definition) is 1. The van der Waals surface area contributed by atoms with Gasteiger partial charge in [0.2, 0.25) is 5.91 Å². The van der Waals surface area contributed by atoms with Crippen LogP contribution in [0.2, 0.25) is 0 Å². The van der Waals surface area contributed by atoms with Crippen LogP contribution in [-0.4, -0.2) is 12.5 Å². The van der Waals surface area contributed by atoms with Gasteiger partial charge in [-0.3, -0.25) is 4.79 Å². The number of nitrogens with one attached hydrogen (secondary N) is 1. The Morgan fingerprint density at radius 2 is 2.15 bits per heavy atom. The Balaban J connectivity index is 2.10. The molecule has 1 heterocycles. The number of nitrogens with zero attached hydrogens (tertiary/aromatic N) is 1. The van der Waals surface area contributed by atoms with Crippen molar-refractivity contribution in [2.24, 2.45) is 0 Å². The average Bonchev–Trinajstić information content (AvgIpc) is 2.92. The van der Waals surface area contributed by atoms with Crippen LogP contribution in [0.4, 0.5) is 4.39 Å². The van der Waals surface area contributed by atoms with Crippen LogP contribution in [0.5, 0.6) is 0 Å². The lowest BCUT2D eigenvalue weighted by molar-refractivity contribution is -0.116. The lowest BCUT2D eigenvalue weighted by atomic mass is 10.2. The molecule has 0 aliphatic rings. The van der Waals surface area contributed by atoms with Crippen molar-refractivity contribution in [1.29, 1.82) is 5.26 Å². The molecule has 0 aliphatic heterocycles. The number of amides is 1. The van der Waals surface area contributed by atoms with E-state index in [-0.39, 0.29) is 18.3 Å². The second kappa shape index (κ2) is 6.64. The van der Waals surface area contributed by atoms with Crippen LogP contribution >= 0.6 is 11.3 Å². The van der Waals surface area contributed by atoms with Gasteiger partial charge >= 0.3 is 0 Å². The molecular weight excluding hydrogens is 275 g/mol. The van der Waals surface area contributed by atoms with Crippen LogP contribution in [0.15, 0.2) is 42.5 Å². The van der Waals surface area contributed by atoms with E-state index in [0.717, 1.165) is 9.75 Å². The van der Waals surface area contributed by atoms with Crippen LogP contribution < -0.4 is 5.32 Å². The standard InChI is InChI=1S/C15H11FN2OS/c16-13-4-2-1-3-12(13)14-7-5-11(20-14)6-8-15(19)18-10-9-17/h1-8H,10H2,(H,18,19). The third-order valence-electron chi connectivity index (χ3n) is 2.51. The molecule has 2 rings (SSSR count). The summed E-state index contributed by atoms with van der Waals surface area (Å²) in [5.41, 5.74) is 0.547. The summed E-state index contributed by atoms with van der Waals surface area (Å²) in [4.78, 5) is 13.0. The largest absolute Gasteiger partial charge is 0.339 e. The first-order chi connectivity index (χ1) is 9.70. The summed E-state index contributed by atoms with van der Waals surface area (Å²) < 4.78 is 13.6. The fourth-order valence-corrected chi connectivity index (χ4v) is 2.53. The Morgan fingerprint density at radius 1 is 1.35 bits per heavy atom. The Bertz CT molecular complexity index is 685.